The molecular formula is C14H22NO2+. The number of nitrogens with one attached hydrogen (secondary N) is 1. The lowest BCUT2D eigenvalue weighted by atomic mass is 10.1. The molecule has 2 aromatic rings. The van der Waals surface area contributed by atoms with Gasteiger partial charge >= 0.3 is 0 Å². The molecule has 0 radical (unpaired) electrons. The molecule has 2 rings (SSSR count). The molecule has 0 aliphatic heterocycles. The summed E-state index contributed by atoms with van der Waals surface area (Å²) in [6.45, 7) is 9.88. The van der Waals surface area contributed by atoms with Crippen LogP contribution in [0.1, 0.15) is 33.3 Å². The van der Waals surface area contributed by atoms with Gasteiger partial charge in [0.2, 0.25) is 0 Å². The number of phenolic OH excluding ortho intramolecular Hbond substituents is 2. The van der Waals surface area contributed by atoms with Crippen LogP contribution in [0.4, 0.5) is 0 Å². The number of rotatable bonds is 0. The minimum Gasteiger partial charge on any atom is -0.504 e. The first-order valence-electron chi connectivity index (χ1n) is 6.01. The maximum absolute atomic E-state index is 9.52. The zero-order valence-electron chi connectivity index (χ0n) is 11.2. The number of fused-ring (bicyclic) bond motifs is 1. The van der Waals surface area contributed by atoms with Crippen molar-refractivity contribution in [3.63, 3.8) is 0 Å². The Labute approximate surface area is 103 Å². The van der Waals surface area contributed by atoms with Crippen LogP contribution in [0, 0.1) is 6.92 Å². The Morgan fingerprint density at radius 2 is 1.59 bits per heavy atom. The van der Waals surface area contributed by atoms with Gasteiger partial charge in [0.15, 0.2) is 23.9 Å². The summed E-state index contributed by atoms with van der Waals surface area (Å²) in [6, 6.07) is 3.28. The molecule has 0 saturated heterocycles. The van der Waals surface area contributed by atoms with Gasteiger partial charge < -0.3 is 10.2 Å². The van der Waals surface area contributed by atoms with Gasteiger partial charge in [-0.25, -0.2) is 4.98 Å². The number of aryl methyl sites for hydroxylation is 1. The molecule has 0 bridgehead atoms. The molecule has 3 heteroatoms. The van der Waals surface area contributed by atoms with Crippen molar-refractivity contribution >= 4 is 10.8 Å². The maximum Gasteiger partial charge on any atom is 0.175 e. The lowest BCUT2D eigenvalue weighted by Gasteiger charge is -2.03. The molecule has 1 aromatic heterocycles. The number of pyridine rings is 1. The highest BCUT2D eigenvalue weighted by Gasteiger charge is 2.09. The quantitative estimate of drug-likeness (QED) is 0.688. The molecule has 94 valence electrons. The Hall–Kier alpha value is -1.77. The van der Waals surface area contributed by atoms with Gasteiger partial charge in [0.05, 0.1) is 5.39 Å². The summed E-state index contributed by atoms with van der Waals surface area (Å²) in [5.74, 6) is -0.134. The van der Waals surface area contributed by atoms with Crippen LogP contribution in [0.5, 0.6) is 11.5 Å². The summed E-state index contributed by atoms with van der Waals surface area (Å²) in [4.78, 5) is 2.93. The molecule has 0 atom stereocenters. The van der Waals surface area contributed by atoms with Crippen molar-refractivity contribution in [2.24, 2.45) is 0 Å². The highest BCUT2D eigenvalue weighted by atomic mass is 16.3. The highest BCUT2D eigenvalue weighted by molar-refractivity contribution is 5.91. The van der Waals surface area contributed by atoms with Crippen molar-refractivity contribution in [1.82, 2.24) is 0 Å². The molecule has 0 fully saturated rings. The Kier molecular flexibility index (Phi) is 6.71. The van der Waals surface area contributed by atoms with Crippen LogP contribution in [-0.2, 0) is 0 Å². The fraction of sp³-hybridized carbons (Fsp3) is 0.357. The van der Waals surface area contributed by atoms with E-state index < -0.39 is 0 Å². The number of aromatic hydroxyl groups is 2. The van der Waals surface area contributed by atoms with Gasteiger partial charge in [-0.15, -0.1) is 0 Å². The van der Waals surface area contributed by atoms with Gasteiger partial charge in [0, 0.05) is 11.5 Å². The molecular weight excluding hydrogens is 214 g/mol. The zero-order chi connectivity index (χ0) is 13.4. The molecule has 3 nitrogen and oxygen atoms in total. The molecule has 0 saturated carbocycles. The third-order valence-corrected chi connectivity index (χ3v) is 2.14. The first-order valence-corrected chi connectivity index (χ1v) is 6.01. The van der Waals surface area contributed by atoms with Crippen LogP contribution in [0.25, 0.3) is 10.8 Å². The first-order chi connectivity index (χ1) is 8.20. The van der Waals surface area contributed by atoms with Crippen LogP contribution in [-0.4, -0.2) is 10.2 Å². The Balaban J connectivity index is 0.000000581. The Bertz CT molecular complexity index is 467. The smallest absolute Gasteiger partial charge is 0.175 e. The van der Waals surface area contributed by atoms with E-state index in [1.54, 1.807) is 24.5 Å². The SMILES string of the molecule is CC.CC.Cc1cc(O)c(O)c2cc[nH+]cc12. The van der Waals surface area contributed by atoms with Gasteiger partial charge in [0.25, 0.3) is 0 Å². The molecule has 0 amide bonds. The van der Waals surface area contributed by atoms with Gasteiger partial charge in [-0.05, 0) is 18.6 Å². The average Bonchev–Trinajstić information content (AvgIpc) is 2.41. The molecule has 0 spiro atoms. The van der Waals surface area contributed by atoms with Crippen molar-refractivity contribution in [1.29, 1.82) is 0 Å². The number of aromatic amines is 1. The minimum atomic E-state index is -0.0730. The first kappa shape index (κ1) is 15.2. The molecule has 1 heterocycles. The predicted octanol–water partition coefficient (Wildman–Crippen LogP) is 3.43. The number of hydrogen-bond donors (Lipinski definition) is 2. The van der Waals surface area contributed by atoms with E-state index in [0.29, 0.717) is 5.39 Å². The van der Waals surface area contributed by atoms with Gasteiger partial charge in [-0.3, -0.25) is 0 Å². The fourth-order valence-electron chi connectivity index (χ4n) is 1.45. The Morgan fingerprint density at radius 3 is 2.18 bits per heavy atom. The summed E-state index contributed by atoms with van der Waals surface area (Å²) >= 11 is 0. The number of aromatic nitrogens is 1. The molecule has 17 heavy (non-hydrogen) atoms. The van der Waals surface area contributed by atoms with E-state index in [9.17, 15) is 10.2 Å². The molecule has 3 N–H and O–H groups in total. The van der Waals surface area contributed by atoms with Crippen LogP contribution < -0.4 is 4.98 Å². The third-order valence-electron chi connectivity index (χ3n) is 2.14. The normalized spacial score (nSPS) is 8.76. The largest absolute Gasteiger partial charge is 0.504 e. The fourth-order valence-corrected chi connectivity index (χ4v) is 1.45. The number of H-pyrrole nitrogens is 1. The predicted molar refractivity (Wildman–Crippen MR) is 71.3 cm³/mol. The Morgan fingerprint density at radius 1 is 1.00 bits per heavy atom. The summed E-state index contributed by atoms with van der Waals surface area (Å²) in [5, 5.41) is 20.4. The van der Waals surface area contributed by atoms with Crippen molar-refractivity contribution in [3.05, 3.63) is 30.1 Å². The zero-order valence-corrected chi connectivity index (χ0v) is 11.2. The van der Waals surface area contributed by atoms with Crippen molar-refractivity contribution in [2.45, 2.75) is 34.6 Å². The van der Waals surface area contributed by atoms with E-state index in [4.69, 9.17) is 0 Å². The molecule has 1 aromatic carbocycles. The van der Waals surface area contributed by atoms with Crippen LogP contribution in [0.15, 0.2) is 24.5 Å². The van der Waals surface area contributed by atoms with E-state index in [-0.39, 0.29) is 11.5 Å². The van der Waals surface area contributed by atoms with E-state index in [0.717, 1.165) is 10.9 Å². The standard InChI is InChI=1S/C10H9NO2.2C2H6/c1-6-4-9(12)10(13)7-2-3-11-5-8(6)7;2*1-2/h2-5,12-13H,1H3;2*1-2H3/p+1. The van der Waals surface area contributed by atoms with E-state index in [1.807, 2.05) is 34.6 Å². The average molecular weight is 236 g/mol. The summed E-state index contributed by atoms with van der Waals surface area (Å²) < 4.78 is 0. The summed E-state index contributed by atoms with van der Waals surface area (Å²) in [7, 11) is 0. The van der Waals surface area contributed by atoms with E-state index >= 15 is 0 Å². The van der Waals surface area contributed by atoms with Crippen LogP contribution >= 0.6 is 0 Å². The monoisotopic (exact) mass is 236 g/mol. The molecule has 0 aliphatic carbocycles. The second-order valence-corrected chi connectivity index (χ2v) is 3.03. The van der Waals surface area contributed by atoms with E-state index in [1.165, 1.54) is 0 Å². The number of phenols is 2. The third kappa shape index (κ3) is 3.34. The highest BCUT2D eigenvalue weighted by Crippen LogP contribution is 2.34. The minimum absolute atomic E-state index is 0.0606. The molecule has 0 unspecified atom stereocenters. The van der Waals surface area contributed by atoms with Gasteiger partial charge in [-0.2, -0.15) is 0 Å². The van der Waals surface area contributed by atoms with Crippen molar-refractivity contribution in [3.8, 4) is 11.5 Å². The lowest BCUT2D eigenvalue weighted by Crippen LogP contribution is -1.98. The second kappa shape index (κ2) is 7.49. The second-order valence-electron chi connectivity index (χ2n) is 3.03. The van der Waals surface area contributed by atoms with Crippen molar-refractivity contribution < 1.29 is 15.2 Å². The lowest BCUT2D eigenvalue weighted by molar-refractivity contribution is -0.375. The van der Waals surface area contributed by atoms with Gasteiger partial charge in [-0.1, -0.05) is 27.7 Å². The summed E-state index contributed by atoms with van der Waals surface area (Å²) in [6.07, 6.45) is 3.50. The van der Waals surface area contributed by atoms with Crippen molar-refractivity contribution in [2.75, 3.05) is 0 Å². The maximum atomic E-state index is 9.52. The van der Waals surface area contributed by atoms with Crippen LogP contribution in [0.2, 0.25) is 0 Å². The number of hydrogen-bond acceptors (Lipinski definition) is 2. The summed E-state index contributed by atoms with van der Waals surface area (Å²) in [5.41, 5.74) is 0.933. The topological polar surface area (TPSA) is 54.6 Å². The van der Waals surface area contributed by atoms with Crippen LogP contribution in [0.3, 0.4) is 0 Å². The van der Waals surface area contributed by atoms with Gasteiger partial charge in [0.1, 0.15) is 0 Å². The molecule has 0 aliphatic rings. The van der Waals surface area contributed by atoms with E-state index in [2.05, 4.69) is 4.98 Å². The number of benzene rings is 1.